The van der Waals surface area contributed by atoms with Gasteiger partial charge in [0.25, 0.3) is 0 Å². The molecule has 3 spiro atoms. The fourth-order valence-corrected chi connectivity index (χ4v) is 8.34. The molecule has 2 saturated heterocycles. The lowest BCUT2D eigenvalue weighted by atomic mass is 9.41. The normalized spacial score (nSPS) is 51.7. The summed E-state index contributed by atoms with van der Waals surface area (Å²) in [5.41, 5.74) is 2.13. The Morgan fingerprint density at radius 2 is 2.00 bits per heavy atom. The molecule has 4 nitrogen and oxygen atoms in total. The number of amides is 1. The molecule has 122 valence electrons. The van der Waals surface area contributed by atoms with Crippen molar-refractivity contribution in [1.29, 1.82) is 0 Å². The minimum Gasteiger partial charge on any atom is -0.378 e. The highest BCUT2D eigenvalue weighted by Gasteiger charge is 2.88. The summed E-state index contributed by atoms with van der Waals surface area (Å²) < 4.78 is 0. The van der Waals surface area contributed by atoms with Crippen LogP contribution in [0.4, 0.5) is 5.69 Å². The molecule has 1 aromatic carbocycles. The molecule has 7 aliphatic rings. The van der Waals surface area contributed by atoms with Crippen molar-refractivity contribution in [2.24, 2.45) is 17.3 Å². The molecule has 3 heterocycles. The Morgan fingerprint density at radius 3 is 2.92 bits per heavy atom. The highest BCUT2D eigenvalue weighted by Crippen LogP contribution is 2.79. The van der Waals surface area contributed by atoms with E-state index in [9.17, 15) is 9.59 Å². The van der Waals surface area contributed by atoms with Crippen molar-refractivity contribution in [3.05, 3.63) is 29.8 Å². The van der Waals surface area contributed by atoms with E-state index in [0.29, 0.717) is 0 Å². The van der Waals surface area contributed by atoms with Crippen molar-refractivity contribution in [1.82, 2.24) is 4.90 Å². The zero-order valence-corrected chi connectivity index (χ0v) is 13.5. The molecule has 1 unspecified atom stereocenters. The van der Waals surface area contributed by atoms with Gasteiger partial charge in [-0.25, -0.2) is 0 Å². The number of carbonyl (C=O) groups excluding carboxylic acids is 2. The van der Waals surface area contributed by atoms with Crippen LogP contribution in [0.2, 0.25) is 0 Å². The molecule has 6 atom stereocenters. The maximum Gasteiger partial charge on any atom is 0.234 e. The molecule has 6 fully saturated rings. The van der Waals surface area contributed by atoms with E-state index >= 15 is 0 Å². The summed E-state index contributed by atoms with van der Waals surface area (Å²) >= 11 is 0. The number of benzene rings is 1. The van der Waals surface area contributed by atoms with Gasteiger partial charge in [0.2, 0.25) is 5.91 Å². The Balaban J connectivity index is 1.66. The molecular weight excluding hydrogens is 300 g/mol. The van der Waals surface area contributed by atoms with Crippen LogP contribution < -0.4 is 5.32 Å². The van der Waals surface area contributed by atoms with Gasteiger partial charge in [0.05, 0.1) is 17.0 Å². The van der Waals surface area contributed by atoms with Crippen molar-refractivity contribution in [3.63, 3.8) is 0 Å². The number of Topliss-reactive ketones (excluding diaryl/α,β-unsaturated/α-hetero) is 1. The first kappa shape index (κ1) is 12.5. The maximum atomic E-state index is 13.4. The first-order valence-electron chi connectivity index (χ1n) is 9.38. The predicted octanol–water partition coefficient (Wildman–Crippen LogP) is 2.09. The Kier molecular flexibility index (Phi) is 1.71. The lowest BCUT2D eigenvalue weighted by Crippen LogP contribution is -2.74. The molecular formula is C20H20N2O2. The van der Waals surface area contributed by atoms with E-state index in [4.69, 9.17) is 0 Å². The van der Waals surface area contributed by atoms with Gasteiger partial charge in [-0.05, 0) is 49.1 Å². The number of hydrogen-bond acceptors (Lipinski definition) is 3. The van der Waals surface area contributed by atoms with E-state index in [1.54, 1.807) is 0 Å². The van der Waals surface area contributed by atoms with Gasteiger partial charge in [0.15, 0.2) is 5.78 Å². The van der Waals surface area contributed by atoms with Gasteiger partial charge in [-0.15, -0.1) is 0 Å². The van der Waals surface area contributed by atoms with E-state index < -0.39 is 5.92 Å². The zero-order chi connectivity index (χ0) is 15.9. The number of ketones is 1. The number of carbonyl (C=O) groups is 2. The molecule has 4 heteroatoms. The van der Waals surface area contributed by atoms with Crippen LogP contribution >= 0.6 is 0 Å². The van der Waals surface area contributed by atoms with Gasteiger partial charge in [-0.1, -0.05) is 18.2 Å². The van der Waals surface area contributed by atoms with Gasteiger partial charge in [0, 0.05) is 18.2 Å². The standard InChI is InChI=1S/C20H20N2O2/c23-15-12-10-18-6-3-9-22-16(24)14(15)20(17(18)22)11-4-1-2-5-13(11)21-19(12,20)8-7-18/h1-2,4-5,12,14,17,21H,3,6-10H2/t12?,14-,17-,18+,19+,20-/m0/s1. The molecule has 0 aromatic heterocycles. The Morgan fingerprint density at radius 1 is 1.12 bits per heavy atom. The van der Waals surface area contributed by atoms with Gasteiger partial charge in [-0.2, -0.15) is 0 Å². The molecule has 1 amide bonds. The minimum absolute atomic E-state index is 0.0316. The van der Waals surface area contributed by atoms with Crippen LogP contribution in [0.25, 0.3) is 0 Å². The van der Waals surface area contributed by atoms with Crippen molar-refractivity contribution >= 4 is 17.4 Å². The van der Waals surface area contributed by atoms with E-state index in [2.05, 4.69) is 34.5 Å². The summed E-state index contributed by atoms with van der Waals surface area (Å²) in [7, 11) is 0. The van der Waals surface area contributed by atoms with Gasteiger partial charge >= 0.3 is 0 Å². The third-order valence-corrected chi connectivity index (χ3v) is 8.70. The lowest BCUT2D eigenvalue weighted by Gasteiger charge is -2.66. The second-order valence-electron chi connectivity index (χ2n) is 9.00. The van der Waals surface area contributed by atoms with E-state index in [-0.39, 0.29) is 40.0 Å². The van der Waals surface area contributed by atoms with Crippen molar-refractivity contribution in [2.45, 2.75) is 49.1 Å². The van der Waals surface area contributed by atoms with E-state index in [1.165, 1.54) is 24.1 Å². The Hall–Kier alpha value is -1.84. The number of rotatable bonds is 0. The van der Waals surface area contributed by atoms with Crippen LogP contribution in [-0.2, 0) is 15.0 Å². The van der Waals surface area contributed by atoms with Crippen LogP contribution in [-0.4, -0.2) is 34.7 Å². The van der Waals surface area contributed by atoms with Crippen molar-refractivity contribution in [3.8, 4) is 0 Å². The lowest BCUT2D eigenvalue weighted by molar-refractivity contribution is -0.152. The van der Waals surface area contributed by atoms with Crippen molar-refractivity contribution < 1.29 is 9.59 Å². The average molecular weight is 320 g/mol. The molecule has 8 rings (SSSR count). The Labute approximate surface area is 140 Å². The summed E-state index contributed by atoms with van der Waals surface area (Å²) in [5, 5.41) is 3.83. The number of hydrogen-bond donors (Lipinski definition) is 1. The topological polar surface area (TPSA) is 49.4 Å². The molecule has 0 radical (unpaired) electrons. The number of fused-ring (bicyclic) bond motifs is 2. The van der Waals surface area contributed by atoms with Crippen LogP contribution in [0, 0.1) is 17.3 Å². The number of anilines is 1. The smallest absolute Gasteiger partial charge is 0.234 e. The molecule has 3 aliphatic heterocycles. The predicted molar refractivity (Wildman–Crippen MR) is 87.5 cm³/mol. The monoisotopic (exact) mass is 320 g/mol. The summed E-state index contributed by atoms with van der Waals surface area (Å²) in [6, 6.07) is 8.74. The third-order valence-electron chi connectivity index (χ3n) is 8.70. The number of nitrogens with zero attached hydrogens (tertiary/aromatic N) is 1. The number of piperidine rings is 1. The van der Waals surface area contributed by atoms with Gasteiger partial charge in [-0.3, -0.25) is 9.59 Å². The van der Waals surface area contributed by atoms with Crippen LogP contribution in [0.15, 0.2) is 24.3 Å². The largest absolute Gasteiger partial charge is 0.378 e. The molecule has 1 N–H and O–H groups in total. The van der Waals surface area contributed by atoms with Gasteiger partial charge < -0.3 is 10.2 Å². The van der Waals surface area contributed by atoms with Crippen LogP contribution in [0.1, 0.15) is 37.7 Å². The fraction of sp³-hybridized carbons (Fsp3) is 0.600. The van der Waals surface area contributed by atoms with Crippen LogP contribution in [0.5, 0.6) is 0 Å². The first-order chi connectivity index (χ1) is 11.7. The van der Waals surface area contributed by atoms with Crippen molar-refractivity contribution in [2.75, 3.05) is 11.9 Å². The first-order valence-corrected chi connectivity index (χ1v) is 9.38. The highest BCUT2D eigenvalue weighted by molar-refractivity contribution is 6.12. The quantitative estimate of drug-likeness (QED) is 0.745. The number of para-hydroxylation sites is 1. The summed E-state index contributed by atoms with van der Waals surface area (Å²) in [4.78, 5) is 28.9. The maximum absolute atomic E-state index is 13.4. The molecule has 4 aliphatic carbocycles. The fourth-order valence-electron chi connectivity index (χ4n) is 8.34. The average Bonchev–Trinajstić information content (AvgIpc) is 3.10. The highest BCUT2D eigenvalue weighted by atomic mass is 16.2. The molecule has 4 bridgehead atoms. The van der Waals surface area contributed by atoms with Crippen LogP contribution in [0.3, 0.4) is 0 Å². The summed E-state index contributed by atoms with van der Waals surface area (Å²) in [6.45, 7) is 0.847. The second kappa shape index (κ2) is 3.29. The second-order valence-corrected chi connectivity index (χ2v) is 9.00. The number of nitrogens with one attached hydrogen (secondary N) is 1. The Bertz CT molecular complexity index is 865. The minimum atomic E-state index is -0.427. The van der Waals surface area contributed by atoms with E-state index in [0.717, 1.165) is 25.8 Å². The molecule has 24 heavy (non-hydrogen) atoms. The summed E-state index contributed by atoms with van der Waals surface area (Å²) in [6.07, 6.45) is 5.51. The van der Waals surface area contributed by atoms with E-state index in [1.807, 2.05) is 0 Å². The summed E-state index contributed by atoms with van der Waals surface area (Å²) in [5.74, 6) is -0.00736. The zero-order valence-electron chi connectivity index (χ0n) is 13.5. The SMILES string of the molecule is O=C1C2C[C@@]34CCCN5C(=O)[C@H]1[C@@]1(c6ccccc6N[C@]21CC3)[C@@H]54. The third kappa shape index (κ3) is 0.871. The molecule has 1 aromatic rings. The van der Waals surface area contributed by atoms with Gasteiger partial charge in [0.1, 0.15) is 5.92 Å². The molecule has 4 saturated carbocycles.